The van der Waals surface area contributed by atoms with Gasteiger partial charge in [0.25, 0.3) is 5.91 Å². The minimum atomic E-state index is -0.828. The molecule has 0 spiro atoms. The van der Waals surface area contributed by atoms with Gasteiger partial charge in [-0.2, -0.15) is 0 Å². The number of rotatable bonds is 5. The summed E-state index contributed by atoms with van der Waals surface area (Å²) in [7, 11) is 0. The predicted octanol–water partition coefficient (Wildman–Crippen LogP) is 3.12. The fourth-order valence-corrected chi connectivity index (χ4v) is 4.18. The molecule has 1 saturated heterocycles. The number of halogens is 2. The molecule has 1 fully saturated rings. The lowest BCUT2D eigenvalue weighted by molar-refractivity contribution is -0.118. The molecule has 1 aromatic carbocycles. The van der Waals surface area contributed by atoms with Gasteiger partial charge in [0.05, 0.1) is 16.3 Å². The zero-order valence-electron chi connectivity index (χ0n) is 15.0. The average molecular weight is 393 g/mol. The van der Waals surface area contributed by atoms with Gasteiger partial charge in [-0.1, -0.05) is 0 Å². The third kappa shape index (κ3) is 4.88. The van der Waals surface area contributed by atoms with Crippen LogP contribution in [0.2, 0.25) is 0 Å². The maximum atomic E-state index is 13.8. The van der Waals surface area contributed by atoms with E-state index in [1.807, 2.05) is 5.38 Å². The van der Waals surface area contributed by atoms with Gasteiger partial charge in [0, 0.05) is 50.3 Å². The summed E-state index contributed by atoms with van der Waals surface area (Å²) >= 11 is 1.60. The number of nitrogens with zero attached hydrogens (tertiary/aromatic N) is 2. The Labute approximate surface area is 160 Å². The fraction of sp³-hybridized carbons (Fsp3) is 0.421. The normalized spacial score (nSPS) is 15.0. The standard InChI is InChI=1S/C19H21F2N3O2S/c1-12(25)22-7-4-15-11-27-18(23-15)13-5-8-24(9-6-13)19(26)16-3-2-14(20)10-17(16)21/h2-3,10-11,13H,4-9H2,1H3,(H,22,25). The molecule has 0 aliphatic carbocycles. The summed E-state index contributed by atoms with van der Waals surface area (Å²) in [5, 5.41) is 5.79. The molecule has 0 saturated carbocycles. The van der Waals surface area contributed by atoms with E-state index in [1.54, 1.807) is 16.2 Å². The number of thiazole rings is 1. The molecular formula is C19H21F2N3O2S. The van der Waals surface area contributed by atoms with Crippen LogP contribution in [-0.2, 0) is 11.2 Å². The van der Waals surface area contributed by atoms with Gasteiger partial charge in [-0.25, -0.2) is 13.8 Å². The van der Waals surface area contributed by atoms with Gasteiger partial charge in [0.15, 0.2) is 0 Å². The van der Waals surface area contributed by atoms with Crippen LogP contribution in [0.5, 0.6) is 0 Å². The highest BCUT2D eigenvalue weighted by atomic mass is 32.1. The zero-order chi connectivity index (χ0) is 19.4. The van der Waals surface area contributed by atoms with E-state index in [9.17, 15) is 18.4 Å². The lowest BCUT2D eigenvalue weighted by atomic mass is 9.97. The number of piperidine rings is 1. The van der Waals surface area contributed by atoms with Crippen LogP contribution in [0.25, 0.3) is 0 Å². The van der Waals surface area contributed by atoms with Gasteiger partial charge >= 0.3 is 0 Å². The maximum Gasteiger partial charge on any atom is 0.256 e. The molecule has 1 aliphatic heterocycles. The van der Waals surface area contributed by atoms with Gasteiger partial charge in [-0.05, 0) is 25.0 Å². The van der Waals surface area contributed by atoms with Crippen LogP contribution in [0.15, 0.2) is 23.6 Å². The average Bonchev–Trinajstić information content (AvgIpc) is 3.10. The molecule has 1 N–H and O–H groups in total. The van der Waals surface area contributed by atoms with E-state index >= 15 is 0 Å². The van der Waals surface area contributed by atoms with Gasteiger partial charge in [0.1, 0.15) is 11.6 Å². The third-order valence-electron chi connectivity index (χ3n) is 4.62. The Kier molecular flexibility index (Phi) is 6.15. The Morgan fingerprint density at radius 1 is 1.30 bits per heavy atom. The van der Waals surface area contributed by atoms with Crippen LogP contribution < -0.4 is 5.32 Å². The number of nitrogens with one attached hydrogen (secondary N) is 1. The number of hydrogen-bond donors (Lipinski definition) is 1. The molecule has 8 heteroatoms. The Hall–Kier alpha value is -2.35. The van der Waals surface area contributed by atoms with E-state index in [0.29, 0.717) is 26.1 Å². The number of likely N-dealkylation sites (tertiary alicyclic amines) is 1. The summed E-state index contributed by atoms with van der Waals surface area (Å²) in [6, 6.07) is 3.03. The topological polar surface area (TPSA) is 62.3 Å². The molecule has 144 valence electrons. The quantitative estimate of drug-likeness (QED) is 0.849. The van der Waals surface area contributed by atoms with Crippen LogP contribution >= 0.6 is 11.3 Å². The Morgan fingerprint density at radius 2 is 2.04 bits per heavy atom. The lowest BCUT2D eigenvalue weighted by Crippen LogP contribution is -2.38. The molecule has 1 aromatic heterocycles. The summed E-state index contributed by atoms with van der Waals surface area (Å²) in [4.78, 5) is 29.6. The maximum absolute atomic E-state index is 13.8. The number of carbonyl (C=O) groups excluding carboxylic acids is 2. The van der Waals surface area contributed by atoms with Crippen molar-refractivity contribution in [1.82, 2.24) is 15.2 Å². The second-order valence-corrected chi connectivity index (χ2v) is 7.49. The second-order valence-electron chi connectivity index (χ2n) is 6.60. The minimum Gasteiger partial charge on any atom is -0.356 e. The predicted molar refractivity (Wildman–Crippen MR) is 98.7 cm³/mol. The van der Waals surface area contributed by atoms with E-state index in [0.717, 1.165) is 35.7 Å². The van der Waals surface area contributed by atoms with Crippen LogP contribution in [0, 0.1) is 11.6 Å². The SMILES string of the molecule is CC(=O)NCCc1csc(C2CCN(C(=O)c3ccc(F)cc3F)CC2)n1. The summed E-state index contributed by atoms with van der Waals surface area (Å²) in [6.07, 6.45) is 2.21. The van der Waals surface area contributed by atoms with Crippen molar-refractivity contribution in [2.45, 2.75) is 32.1 Å². The molecule has 0 bridgehead atoms. The highest BCUT2D eigenvalue weighted by molar-refractivity contribution is 7.09. The summed E-state index contributed by atoms with van der Waals surface area (Å²) in [5.41, 5.74) is 0.861. The molecule has 0 atom stereocenters. The van der Waals surface area contributed by atoms with Crippen molar-refractivity contribution >= 4 is 23.2 Å². The molecule has 2 amide bonds. The summed E-state index contributed by atoms with van der Waals surface area (Å²) in [6.45, 7) is 3.08. The van der Waals surface area contributed by atoms with Crippen LogP contribution in [0.1, 0.15) is 46.7 Å². The van der Waals surface area contributed by atoms with Crippen molar-refractivity contribution in [2.75, 3.05) is 19.6 Å². The summed E-state index contributed by atoms with van der Waals surface area (Å²) in [5.74, 6) is -1.71. The minimum absolute atomic E-state index is 0.0555. The Morgan fingerprint density at radius 3 is 2.70 bits per heavy atom. The van der Waals surface area contributed by atoms with Gasteiger partial charge in [0.2, 0.25) is 5.91 Å². The number of aromatic nitrogens is 1. The van der Waals surface area contributed by atoms with Crippen molar-refractivity contribution in [3.05, 3.63) is 51.5 Å². The monoisotopic (exact) mass is 393 g/mol. The number of benzene rings is 1. The van der Waals surface area contributed by atoms with E-state index in [2.05, 4.69) is 10.3 Å². The van der Waals surface area contributed by atoms with Crippen LogP contribution in [-0.4, -0.2) is 41.3 Å². The molecule has 0 radical (unpaired) electrons. The highest BCUT2D eigenvalue weighted by Gasteiger charge is 2.27. The molecule has 3 rings (SSSR count). The zero-order valence-corrected chi connectivity index (χ0v) is 15.8. The first kappa shape index (κ1) is 19.4. The van der Waals surface area contributed by atoms with E-state index < -0.39 is 17.5 Å². The van der Waals surface area contributed by atoms with E-state index in [1.165, 1.54) is 13.0 Å². The molecule has 5 nitrogen and oxygen atoms in total. The van der Waals surface area contributed by atoms with Gasteiger partial charge in [-0.15, -0.1) is 11.3 Å². The van der Waals surface area contributed by atoms with Gasteiger partial charge in [-0.3, -0.25) is 9.59 Å². The molecule has 2 heterocycles. The largest absolute Gasteiger partial charge is 0.356 e. The number of carbonyl (C=O) groups is 2. The number of amides is 2. The first-order valence-electron chi connectivity index (χ1n) is 8.87. The highest BCUT2D eigenvalue weighted by Crippen LogP contribution is 2.31. The molecular weight excluding hydrogens is 372 g/mol. The molecule has 1 aliphatic rings. The van der Waals surface area contributed by atoms with Crippen LogP contribution in [0.3, 0.4) is 0 Å². The molecule has 2 aromatic rings. The number of hydrogen-bond acceptors (Lipinski definition) is 4. The van der Waals surface area contributed by atoms with E-state index in [4.69, 9.17) is 0 Å². The Balaban J connectivity index is 1.55. The first-order chi connectivity index (χ1) is 12.9. The first-order valence-corrected chi connectivity index (χ1v) is 9.75. The second kappa shape index (κ2) is 8.56. The van der Waals surface area contributed by atoms with Crippen molar-refractivity contribution in [2.24, 2.45) is 0 Å². The van der Waals surface area contributed by atoms with Crippen molar-refractivity contribution in [3.8, 4) is 0 Å². The smallest absolute Gasteiger partial charge is 0.256 e. The summed E-state index contributed by atoms with van der Waals surface area (Å²) < 4.78 is 26.8. The Bertz CT molecular complexity index is 832. The van der Waals surface area contributed by atoms with Crippen molar-refractivity contribution in [3.63, 3.8) is 0 Å². The third-order valence-corrected chi connectivity index (χ3v) is 5.67. The molecule has 27 heavy (non-hydrogen) atoms. The molecule has 0 unspecified atom stereocenters. The van der Waals surface area contributed by atoms with Crippen molar-refractivity contribution in [1.29, 1.82) is 0 Å². The van der Waals surface area contributed by atoms with Crippen molar-refractivity contribution < 1.29 is 18.4 Å². The lowest BCUT2D eigenvalue weighted by Gasteiger charge is -2.31. The van der Waals surface area contributed by atoms with Gasteiger partial charge < -0.3 is 10.2 Å². The van der Waals surface area contributed by atoms with E-state index in [-0.39, 0.29) is 17.4 Å². The van der Waals surface area contributed by atoms with Crippen LogP contribution in [0.4, 0.5) is 8.78 Å². The fourth-order valence-electron chi connectivity index (χ4n) is 3.15.